The first-order chi connectivity index (χ1) is 7.72. The minimum Gasteiger partial charge on any atom is -0.344 e. The van der Waals surface area contributed by atoms with Crippen molar-refractivity contribution >= 4 is 5.91 Å². The monoisotopic (exact) mass is 223 g/mol. The number of likely N-dealkylation sites (N-methyl/N-ethyl adjacent to an activating group) is 1. The van der Waals surface area contributed by atoms with Gasteiger partial charge in [-0.15, -0.1) is 0 Å². The van der Waals surface area contributed by atoms with Crippen LogP contribution in [-0.4, -0.2) is 45.2 Å². The quantitative estimate of drug-likeness (QED) is 0.755. The molecule has 1 aromatic rings. The number of nitrogens with zero attached hydrogens (tertiary/aromatic N) is 4. The van der Waals surface area contributed by atoms with Gasteiger partial charge in [0.1, 0.15) is 12.2 Å². The van der Waals surface area contributed by atoms with E-state index in [9.17, 15) is 4.79 Å². The Bertz CT molecular complexity index is 375. The number of aromatic nitrogens is 3. The molecule has 1 aromatic heterocycles. The van der Waals surface area contributed by atoms with Crippen molar-refractivity contribution in [1.29, 1.82) is 0 Å². The third kappa shape index (κ3) is 2.06. The van der Waals surface area contributed by atoms with Crippen molar-refractivity contribution in [2.45, 2.75) is 32.5 Å². The molecule has 1 amide bonds. The van der Waals surface area contributed by atoms with Crippen LogP contribution in [0.4, 0.5) is 0 Å². The van der Waals surface area contributed by atoms with Crippen LogP contribution < -0.4 is 5.32 Å². The summed E-state index contributed by atoms with van der Waals surface area (Å²) in [6.07, 6.45) is 2.42. The fourth-order valence-electron chi connectivity index (χ4n) is 1.92. The molecule has 0 radical (unpaired) electrons. The number of amides is 1. The summed E-state index contributed by atoms with van der Waals surface area (Å²) in [5.74, 6) is 1.05. The third-order valence-electron chi connectivity index (χ3n) is 2.93. The minimum absolute atomic E-state index is 0.0630. The van der Waals surface area contributed by atoms with Gasteiger partial charge < -0.3 is 4.90 Å². The maximum Gasteiger partial charge on any atom is 0.239 e. The SMILES string of the molecule is CCn1ncnc1CNC1CCN(C)C1=O. The molecule has 0 bridgehead atoms. The van der Waals surface area contributed by atoms with Crippen LogP contribution in [0, 0.1) is 0 Å². The molecule has 2 rings (SSSR count). The summed E-state index contributed by atoms with van der Waals surface area (Å²) < 4.78 is 1.83. The number of carbonyl (C=O) groups is 1. The Hall–Kier alpha value is -1.43. The van der Waals surface area contributed by atoms with Crippen LogP contribution in [0.15, 0.2) is 6.33 Å². The lowest BCUT2D eigenvalue weighted by Crippen LogP contribution is -2.37. The lowest BCUT2D eigenvalue weighted by molar-refractivity contribution is -0.128. The fourth-order valence-corrected chi connectivity index (χ4v) is 1.92. The van der Waals surface area contributed by atoms with Crippen molar-refractivity contribution in [3.8, 4) is 0 Å². The van der Waals surface area contributed by atoms with Gasteiger partial charge in [0.15, 0.2) is 0 Å². The molecule has 16 heavy (non-hydrogen) atoms. The number of nitrogens with one attached hydrogen (secondary N) is 1. The van der Waals surface area contributed by atoms with E-state index in [0.29, 0.717) is 6.54 Å². The van der Waals surface area contributed by atoms with Crippen molar-refractivity contribution < 1.29 is 4.79 Å². The zero-order chi connectivity index (χ0) is 11.5. The summed E-state index contributed by atoms with van der Waals surface area (Å²) in [6.45, 7) is 4.25. The van der Waals surface area contributed by atoms with Crippen LogP contribution in [0.1, 0.15) is 19.2 Å². The van der Waals surface area contributed by atoms with Crippen molar-refractivity contribution in [1.82, 2.24) is 25.0 Å². The second-order valence-corrected chi connectivity index (χ2v) is 3.97. The van der Waals surface area contributed by atoms with Gasteiger partial charge in [-0.3, -0.25) is 10.1 Å². The lowest BCUT2D eigenvalue weighted by Gasteiger charge is -2.11. The highest BCUT2D eigenvalue weighted by Gasteiger charge is 2.28. The predicted molar refractivity (Wildman–Crippen MR) is 58.6 cm³/mol. The number of aryl methyl sites for hydroxylation is 1. The van der Waals surface area contributed by atoms with E-state index in [1.54, 1.807) is 11.2 Å². The van der Waals surface area contributed by atoms with Gasteiger partial charge in [-0.1, -0.05) is 0 Å². The van der Waals surface area contributed by atoms with E-state index in [1.807, 2.05) is 18.7 Å². The van der Waals surface area contributed by atoms with E-state index < -0.39 is 0 Å². The average Bonchev–Trinajstić information content (AvgIpc) is 2.86. The molecule has 0 saturated carbocycles. The smallest absolute Gasteiger partial charge is 0.239 e. The first-order valence-corrected chi connectivity index (χ1v) is 5.57. The van der Waals surface area contributed by atoms with Gasteiger partial charge in [0, 0.05) is 20.1 Å². The Labute approximate surface area is 94.6 Å². The van der Waals surface area contributed by atoms with Gasteiger partial charge in [0.25, 0.3) is 0 Å². The Morgan fingerprint density at radius 2 is 2.44 bits per heavy atom. The lowest BCUT2D eigenvalue weighted by atomic mass is 10.2. The van der Waals surface area contributed by atoms with Gasteiger partial charge >= 0.3 is 0 Å². The number of hydrogen-bond donors (Lipinski definition) is 1. The van der Waals surface area contributed by atoms with Crippen molar-refractivity contribution in [2.75, 3.05) is 13.6 Å². The Kier molecular flexibility index (Phi) is 3.19. The number of likely N-dealkylation sites (tertiary alicyclic amines) is 1. The third-order valence-corrected chi connectivity index (χ3v) is 2.93. The van der Waals surface area contributed by atoms with Gasteiger partial charge in [-0.25, -0.2) is 9.67 Å². The van der Waals surface area contributed by atoms with Crippen LogP contribution in [0.2, 0.25) is 0 Å². The van der Waals surface area contributed by atoms with E-state index in [1.165, 1.54) is 0 Å². The molecule has 88 valence electrons. The molecule has 6 nitrogen and oxygen atoms in total. The minimum atomic E-state index is -0.0630. The highest BCUT2D eigenvalue weighted by Crippen LogP contribution is 2.08. The van der Waals surface area contributed by atoms with E-state index in [-0.39, 0.29) is 11.9 Å². The summed E-state index contributed by atoms with van der Waals surface area (Å²) in [6, 6.07) is -0.0630. The standard InChI is InChI=1S/C10H17N5O/c1-3-15-9(12-7-13-15)6-11-8-4-5-14(2)10(8)16/h7-8,11H,3-6H2,1-2H3. The predicted octanol–water partition coefficient (Wildman–Crippen LogP) is -0.382. The molecule has 1 saturated heterocycles. The molecule has 1 N–H and O–H groups in total. The van der Waals surface area contributed by atoms with E-state index in [4.69, 9.17) is 0 Å². The Morgan fingerprint density at radius 1 is 1.62 bits per heavy atom. The molecular weight excluding hydrogens is 206 g/mol. The summed E-state index contributed by atoms with van der Waals surface area (Å²) in [7, 11) is 1.83. The van der Waals surface area contributed by atoms with E-state index in [2.05, 4.69) is 15.4 Å². The molecule has 0 aliphatic carbocycles. The fraction of sp³-hybridized carbons (Fsp3) is 0.700. The van der Waals surface area contributed by atoms with Crippen LogP contribution in [0.25, 0.3) is 0 Å². The van der Waals surface area contributed by atoms with Crippen LogP contribution in [0.5, 0.6) is 0 Å². The maximum absolute atomic E-state index is 11.6. The summed E-state index contributed by atoms with van der Waals surface area (Å²) in [4.78, 5) is 17.5. The second kappa shape index (κ2) is 4.61. The number of rotatable bonds is 4. The topological polar surface area (TPSA) is 63.1 Å². The molecule has 2 heterocycles. The van der Waals surface area contributed by atoms with Gasteiger partial charge in [-0.2, -0.15) is 5.10 Å². The maximum atomic E-state index is 11.6. The summed E-state index contributed by atoms with van der Waals surface area (Å²) in [5, 5.41) is 7.31. The number of hydrogen-bond acceptors (Lipinski definition) is 4. The molecule has 1 unspecified atom stereocenters. The molecule has 0 spiro atoms. The first-order valence-electron chi connectivity index (χ1n) is 5.57. The zero-order valence-electron chi connectivity index (χ0n) is 9.68. The van der Waals surface area contributed by atoms with Gasteiger partial charge in [0.2, 0.25) is 5.91 Å². The summed E-state index contributed by atoms with van der Waals surface area (Å²) >= 11 is 0. The zero-order valence-corrected chi connectivity index (χ0v) is 9.68. The molecule has 6 heteroatoms. The first kappa shape index (κ1) is 11.1. The van der Waals surface area contributed by atoms with Gasteiger partial charge in [0.05, 0.1) is 12.6 Å². The molecule has 0 aromatic carbocycles. The highest BCUT2D eigenvalue weighted by molar-refractivity contribution is 5.83. The van der Waals surface area contributed by atoms with Crippen molar-refractivity contribution in [3.05, 3.63) is 12.2 Å². The largest absolute Gasteiger partial charge is 0.344 e. The second-order valence-electron chi connectivity index (χ2n) is 3.97. The van der Waals surface area contributed by atoms with Gasteiger partial charge in [-0.05, 0) is 13.3 Å². The molecule has 1 aliphatic rings. The Morgan fingerprint density at radius 3 is 3.06 bits per heavy atom. The molecule has 1 fully saturated rings. The van der Waals surface area contributed by atoms with E-state index >= 15 is 0 Å². The Balaban J connectivity index is 1.90. The summed E-state index contributed by atoms with van der Waals surface area (Å²) in [5.41, 5.74) is 0. The van der Waals surface area contributed by atoms with E-state index in [0.717, 1.165) is 25.3 Å². The number of carbonyl (C=O) groups excluding carboxylic acids is 1. The van der Waals surface area contributed by atoms with Crippen LogP contribution >= 0.6 is 0 Å². The normalized spacial score (nSPS) is 20.8. The molecular formula is C10H17N5O. The van der Waals surface area contributed by atoms with Crippen molar-refractivity contribution in [2.24, 2.45) is 0 Å². The average molecular weight is 223 g/mol. The van der Waals surface area contributed by atoms with Crippen LogP contribution in [-0.2, 0) is 17.9 Å². The molecule has 1 aliphatic heterocycles. The molecule has 1 atom stereocenters. The highest BCUT2D eigenvalue weighted by atomic mass is 16.2. The van der Waals surface area contributed by atoms with Crippen molar-refractivity contribution in [3.63, 3.8) is 0 Å². The van der Waals surface area contributed by atoms with Crippen LogP contribution in [0.3, 0.4) is 0 Å².